The minimum atomic E-state index is -1.74. The van der Waals surface area contributed by atoms with Crippen molar-refractivity contribution in [1.82, 2.24) is 0 Å². The molecule has 0 spiro atoms. The van der Waals surface area contributed by atoms with Crippen LogP contribution in [-0.4, -0.2) is 87.6 Å². The van der Waals surface area contributed by atoms with Gasteiger partial charge >= 0.3 is 5.97 Å². The topological polar surface area (TPSA) is 155 Å². The number of aliphatic hydroxyl groups is 4. The van der Waals surface area contributed by atoms with Crippen LogP contribution >= 0.6 is 0 Å². The Hall–Kier alpha value is -1.92. The molecule has 0 aromatic heterocycles. The lowest BCUT2D eigenvalue weighted by Gasteiger charge is -2.36. The zero-order valence-electron chi connectivity index (χ0n) is 25.6. The first-order valence-electron chi connectivity index (χ1n) is 15.2. The standard InChI is InChI=1S/C32H50O10/c1-19-11-23-16-32(5,42-39-18-23)22(4)14-24(34)15-26(35)30(37)29(36)21(3)13-25(17-33)40-31(38)20(2)9-7-6-8-10-27-28(12-19)41-27/h8-10,16,19,21-22,24-25,27-30,33-34,36-37H,6-7,11-15,17-18H2,1-5H3/b10-8+,20-9+/t19?,21-,22+,24+,25-,27+,28+,29+,30+,32?/m1/s1. The number of esters is 1. The molecule has 10 nitrogen and oxygen atoms in total. The maximum Gasteiger partial charge on any atom is 0.333 e. The van der Waals surface area contributed by atoms with Gasteiger partial charge in [0.2, 0.25) is 0 Å². The molecule has 0 aliphatic carbocycles. The summed E-state index contributed by atoms with van der Waals surface area (Å²) >= 11 is 0. The van der Waals surface area contributed by atoms with E-state index >= 15 is 0 Å². The van der Waals surface area contributed by atoms with Crippen LogP contribution in [0.4, 0.5) is 0 Å². The second-order valence-electron chi connectivity index (χ2n) is 12.7. The Morgan fingerprint density at radius 2 is 1.76 bits per heavy atom. The van der Waals surface area contributed by atoms with Gasteiger partial charge < -0.3 is 29.9 Å². The number of cyclic esters (lactones) is 1. The van der Waals surface area contributed by atoms with Gasteiger partial charge in [-0.05, 0) is 81.8 Å². The predicted molar refractivity (Wildman–Crippen MR) is 155 cm³/mol. The van der Waals surface area contributed by atoms with Crippen LogP contribution in [-0.2, 0) is 28.8 Å². The number of hydrogen-bond donors (Lipinski definition) is 4. The summed E-state index contributed by atoms with van der Waals surface area (Å²) in [7, 11) is 0. The Labute approximate surface area is 249 Å². The zero-order valence-corrected chi connectivity index (χ0v) is 25.6. The molecule has 0 aromatic carbocycles. The number of carbonyl (C=O) groups excluding carboxylic acids is 2. The van der Waals surface area contributed by atoms with Crippen molar-refractivity contribution < 1.29 is 49.3 Å². The van der Waals surface area contributed by atoms with E-state index in [0.717, 1.165) is 24.8 Å². The van der Waals surface area contributed by atoms with Gasteiger partial charge in [0.25, 0.3) is 0 Å². The summed E-state index contributed by atoms with van der Waals surface area (Å²) in [6.45, 7) is 9.11. The number of hydrogen-bond acceptors (Lipinski definition) is 10. The van der Waals surface area contributed by atoms with E-state index in [1.165, 1.54) is 0 Å². The van der Waals surface area contributed by atoms with Gasteiger partial charge in [-0.2, -0.15) is 0 Å². The lowest BCUT2D eigenvalue weighted by atomic mass is 9.82. The molecule has 238 valence electrons. The van der Waals surface area contributed by atoms with E-state index in [4.69, 9.17) is 19.2 Å². The highest BCUT2D eigenvalue weighted by atomic mass is 17.2. The Bertz CT molecular complexity index is 1010. The highest BCUT2D eigenvalue weighted by molar-refractivity contribution is 5.87. The van der Waals surface area contributed by atoms with Crippen molar-refractivity contribution in [2.75, 3.05) is 13.2 Å². The third-order valence-electron chi connectivity index (χ3n) is 8.66. The van der Waals surface area contributed by atoms with Crippen LogP contribution in [0.15, 0.2) is 35.5 Å². The van der Waals surface area contributed by atoms with Crippen molar-refractivity contribution in [2.24, 2.45) is 17.8 Å². The van der Waals surface area contributed by atoms with E-state index in [1.807, 2.05) is 13.8 Å². The average Bonchev–Trinajstić information content (AvgIpc) is 3.67. The summed E-state index contributed by atoms with van der Waals surface area (Å²) in [6, 6.07) is 0. The highest BCUT2D eigenvalue weighted by Gasteiger charge is 2.39. The first-order chi connectivity index (χ1) is 19.8. The molecular formula is C32H50O10. The first-order valence-corrected chi connectivity index (χ1v) is 15.2. The molecule has 3 rings (SSSR count). The Balaban J connectivity index is 1.73. The van der Waals surface area contributed by atoms with Crippen molar-refractivity contribution in [1.29, 1.82) is 0 Å². The van der Waals surface area contributed by atoms with Gasteiger partial charge in [0.15, 0.2) is 5.78 Å². The predicted octanol–water partition coefficient (Wildman–Crippen LogP) is 3.11. The van der Waals surface area contributed by atoms with Gasteiger partial charge in [-0.25, -0.2) is 14.6 Å². The minimum Gasteiger partial charge on any atom is -0.457 e. The average molecular weight is 595 g/mol. The molecule has 3 aliphatic rings. The smallest absolute Gasteiger partial charge is 0.333 e. The van der Waals surface area contributed by atoms with Crippen LogP contribution in [0.3, 0.4) is 0 Å². The van der Waals surface area contributed by atoms with Gasteiger partial charge in [-0.15, -0.1) is 0 Å². The fraction of sp³-hybridized carbons (Fsp3) is 0.750. The van der Waals surface area contributed by atoms with E-state index in [2.05, 4.69) is 25.2 Å². The molecule has 3 heterocycles. The summed E-state index contributed by atoms with van der Waals surface area (Å²) in [4.78, 5) is 36.4. The van der Waals surface area contributed by atoms with E-state index < -0.39 is 54.3 Å². The molecule has 2 bridgehead atoms. The van der Waals surface area contributed by atoms with E-state index in [1.54, 1.807) is 19.9 Å². The fourth-order valence-electron chi connectivity index (χ4n) is 5.74. The molecule has 0 aromatic rings. The number of ether oxygens (including phenoxy) is 2. The number of allylic oxidation sites excluding steroid dienone is 2. The summed E-state index contributed by atoms with van der Waals surface area (Å²) in [5.74, 6) is -1.80. The summed E-state index contributed by atoms with van der Waals surface area (Å²) in [5, 5.41) is 41.7. The van der Waals surface area contributed by atoms with Gasteiger partial charge in [0.1, 0.15) is 30.5 Å². The molecular weight excluding hydrogens is 544 g/mol. The second kappa shape index (κ2) is 15.7. The molecule has 0 radical (unpaired) electrons. The maximum absolute atomic E-state index is 12.8. The van der Waals surface area contributed by atoms with Gasteiger partial charge in [-0.3, -0.25) is 4.79 Å². The Morgan fingerprint density at radius 1 is 1.02 bits per heavy atom. The molecule has 0 amide bonds. The van der Waals surface area contributed by atoms with Crippen LogP contribution in [0.25, 0.3) is 0 Å². The monoisotopic (exact) mass is 594 g/mol. The van der Waals surface area contributed by atoms with Gasteiger partial charge in [0, 0.05) is 12.0 Å². The van der Waals surface area contributed by atoms with E-state index in [0.29, 0.717) is 24.5 Å². The SMILES string of the molecule is C/C1=C\CC/C=C/[C@@H]2O[C@H]2CC(C)CC2=CC(C)(OOC2)[C@@H](C)C[C@H](O)CC(=O)[C@H](O)[C@@H](O)[C@H](C)C[C@H](CO)OC1=O. The number of ketones is 1. The number of epoxide rings is 1. The molecule has 42 heavy (non-hydrogen) atoms. The molecule has 2 unspecified atom stereocenters. The molecule has 10 heteroatoms. The van der Waals surface area contributed by atoms with Gasteiger partial charge in [-0.1, -0.05) is 39.0 Å². The quantitative estimate of drug-likeness (QED) is 0.154. The third-order valence-corrected chi connectivity index (χ3v) is 8.66. The third kappa shape index (κ3) is 10.1. The zero-order chi connectivity index (χ0) is 31.0. The molecule has 4 N–H and O–H groups in total. The number of carbonyl (C=O) groups is 2. The van der Waals surface area contributed by atoms with Crippen LogP contribution in [0, 0.1) is 17.8 Å². The normalized spacial score (nSPS) is 42.4. The Morgan fingerprint density at radius 3 is 2.48 bits per heavy atom. The molecule has 10 atom stereocenters. The molecule has 1 saturated heterocycles. The van der Waals surface area contributed by atoms with Crippen LogP contribution in [0.1, 0.15) is 79.6 Å². The lowest BCUT2D eigenvalue weighted by molar-refractivity contribution is -0.358. The maximum atomic E-state index is 12.8. The van der Waals surface area contributed by atoms with E-state index in [-0.39, 0.29) is 37.4 Å². The molecule has 3 aliphatic heterocycles. The van der Waals surface area contributed by atoms with E-state index in [9.17, 15) is 30.0 Å². The van der Waals surface area contributed by atoms with Crippen LogP contribution in [0.2, 0.25) is 0 Å². The van der Waals surface area contributed by atoms with Crippen molar-refractivity contribution in [3.8, 4) is 0 Å². The number of Topliss-reactive ketones (excluding diaryl/α,β-unsaturated/α-hetero) is 1. The second-order valence-corrected chi connectivity index (χ2v) is 12.7. The molecule has 1 fully saturated rings. The van der Waals surface area contributed by atoms with Crippen molar-refractivity contribution in [2.45, 2.75) is 122 Å². The molecule has 0 saturated carbocycles. The number of aliphatic hydroxyl groups excluding tert-OH is 4. The summed E-state index contributed by atoms with van der Waals surface area (Å²) < 4.78 is 11.3. The van der Waals surface area contributed by atoms with Crippen LogP contribution in [0.5, 0.6) is 0 Å². The number of rotatable bonds is 1. The minimum absolute atomic E-state index is 0.0366. The fourth-order valence-corrected chi connectivity index (χ4v) is 5.74. The van der Waals surface area contributed by atoms with Crippen molar-refractivity contribution >= 4 is 11.8 Å². The van der Waals surface area contributed by atoms with Crippen LogP contribution < -0.4 is 0 Å². The largest absolute Gasteiger partial charge is 0.457 e. The number of fused-ring (bicyclic) bond motifs is 2. The first kappa shape index (κ1) is 34.6. The van der Waals surface area contributed by atoms with Crippen molar-refractivity contribution in [3.63, 3.8) is 0 Å². The summed E-state index contributed by atoms with van der Waals surface area (Å²) in [5.41, 5.74) is 0.712. The highest BCUT2D eigenvalue weighted by Crippen LogP contribution is 2.36. The summed E-state index contributed by atoms with van der Waals surface area (Å²) in [6.07, 6.45) is 6.04. The lowest BCUT2D eigenvalue weighted by Crippen LogP contribution is -2.42. The van der Waals surface area contributed by atoms with Gasteiger partial charge in [0.05, 0.1) is 24.9 Å². The van der Waals surface area contributed by atoms with Crippen molar-refractivity contribution in [3.05, 3.63) is 35.5 Å². The Kier molecular flexibility index (Phi) is 12.9.